The number of hydrogen-bond donors (Lipinski definition) is 2. The van der Waals surface area contributed by atoms with E-state index in [9.17, 15) is 9.59 Å². The van der Waals surface area contributed by atoms with Crippen LogP contribution in [-0.4, -0.2) is 31.8 Å². The van der Waals surface area contributed by atoms with Gasteiger partial charge in [-0.15, -0.1) is 11.8 Å². The van der Waals surface area contributed by atoms with E-state index in [0.717, 1.165) is 16.1 Å². The van der Waals surface area contributed by atoms with Gasteiger partial charge in [0.1, 0.15) is 12.7 Å². The smallest absolute Gasteiger partial charge is 0.251 e. The number of thioether (sulfide) groups is 1. The molecular formula is C20H19N5O2S. The van der Waals surface area contributed by atoms with Gasteiger partial charge in [0.2, 0.25) is 5.91 Å². The zero-order valence-electron chi connectivity index (χ0n) is 15.4. The molecule has 0 saturated carbocycles. The summed E-state index contributed by atoms with van der Waals surface area (Å²) >= 11 is 1.50. The molecule has 4 rings (SSSR count). The molecule has 1 aromatic heterocycles. The van der Waals surface area contributed by atoms with Gasteiger partial charge in [-0.3, -0.25) is 9.59 Å². The Hall–Kier alpha value is -3.13. The molecule has 0 aliphatic carbocycles. The Morgan fingerprint density at radius 1 is 1.25 bits per heavy atom. The fourth-order valence-electron chi connectivity index (χ4n) is 2.97. The van der Waals surface area contributed by atoms with Gasteiger partial charge in [-0.2, -0.15) is 5.10 Å². The predicted octanol–water partition coefficient (Wildman–Crippen LogP) is 3.19. The van der Waals surface area contributed by atoms with Crippen molar-refractivity contribution in [1.82, 2.24) is 20.1 Å². The van der Waals surface area contributed by atoms with Crippen LogP contribution in [0.1, 0.15) is 35.8 Å². The molecule has 2 unspecified atom stereocenters. The highest BCUT2D eigenvalue weighted by molar-refractivity contribution is 8.00. The Morgan fingerprint density at radius 3 is 2.75 bits per heavy atom. The van der Waals surface area contributed by atoms with Crippen molar-refractivity contribution in [3.63, 3.8) is 0 Å². The summed E-state index contributed by atoms with van der Waals surface area (Å²) < 4.78 is 1.67. The lowest BCUT2D eigenvalue weighted by Crippen LogP contribution is -2.28. The van der Waals surface area contributed by atoms with Crippen LogP contribution in [-0.2, 0) is 4.79 Å². The molecule has 0 bridgehead atoms. The molecule has 2 aromatic carbocycles. The number of rotatable bonds is 4. The quantitative estimate of drug-likeness (QED) is 0.711. The third kappa shape index (κ3) is 3.63. The van der Waals surface area contributed by atoms with Crippen molar-refractivity contribution in [2.24, 2.45) is 0 Å². The fraction of sp³-hybridized carbons (Fsp3) is 0.200. The number of aromatic nitrogens is 3. The van der Waals surface area contributed by atoms with E-state index < -0.39 is 0 Å². The first kappa shape index (κ1) is 18.2. The molecule has 1 aliphatic rings. The molecule has 2 atom stereocenters. The third-order valence-corrected chi connectivity index (χ3v) is 5.77. The van der Waals surface area contributed by atoms with Gasteiger partial charge in [0.25, 0.3) is 5.91 Å². The highest BCUT2D eigenvalue weighted by atomic mass is 32.2. The van der Waals surface area contributed by atoms with Gasteiger partial charge in [-0.1, -0.05) is 12.1 Å². The monoisotopic (exact) mass is 393 g/mol. The normalized spacial score (nSPS) is 16.8. The average Bonchev–Trinajstić information content (AvgIpc) is 3.23. The van der Waals surface area contributed by atoms with Crippen molar-refractivity contribution < 1.29 is 9.59 Å². The van der Waals surface area contributed by atoms with E-state index in [0.29, 0.717) is 11.3 Å². The van der Waals surface area contributed by atoms with Crippen molar-refractivity contribution in [3.05, 3.63) is 66.2 Å². The molecule has 28 heavy (non-hydrogen) atoms. The molecule has 1 aliphatic heterocycles. The average molecular weight is 393 g/mol. The molecule has 2 N–H and O–H groups in total. The summed E-state index contributed by atoms with van der Waals surface area (Å²) in [7, 11) is 0. The SMILES string of the molecule is CC1Sc2ccc(C(=O)NC(C)c3ccc(-n4cncn4)cc3)cc2NC1=O. The summed E-state index contributed by atoms with van der Waals surface area (Å²) in [6, 6.07) is 13.0. The lowest BCUT2D eigenvalue weighted by Gasteiger charge is -2.22. The number of amides is 2. The highest BCUT2D eigenvalue weighted by Crippen LogP contribution is 2.36. The maximum Gasteiger partial charge on any atom is 0.251 e. The number of nitrogens with zero attached hydrogens (tertiary/aromatic N) is 3. The van der Waals surface area contributed by atoms with Crippen molar-refractivity contribution >= 4 is 29.3 Å². The third-order valence-electron chi connectivity index (χ3n) is 4.60. The molecule has 2 amide bonds. The van der Waals surface area contributed by atoms with Crippen molar-refractivity contribution in [3.8, 4) is 5.69 Å². The molecule has 142 valence electrons. The number of anilines is 1. The minimum absolute atomic E-state index is 0.0455. The molecule has 0 radical (unpaired) electrons. The molecule has 0 fully saturated rings. The maximum atomic E-state index is 12.7. The Balaban J connectivity index is 1.46. The van der Waals surface area contributed by atoms with E-state index in [4.69, 9.17) is 0 Å². The first-order chi connectivity index (χ1) is 13.5. The minimum atomic E-state index is -0.187. The fourth-order valence-corrected chi connectivity index (χ4v) is 3.90. The molecule has 7 nitrogen and oxygen atoms in total. The Morgan fingerprint density at radius 2 is 2.04 bits per heavy atom. The van der Waals surface area contributed by atoms with Gasteiger partial charge >= 0.3 is 0 Å². The van der Waals surface area contributed by atoms with Crippen LogP contribution >= 0.6 is 11.8 Å². The Bertz CT molecular complexity index is 1020. The van der Waals surface area contributed by atoms with Crippen LogP contribution < -0.4 is 10.6 Å². The number of carbonyl (C=O) groups is 2. The number of carbonyl (C=O) groups excluding carboxylic acids is 2. The van der Waals surface area contributed by atoms with Crippen LogP contribution in [0.5, 0.6) is 0 Å². The number of nitrogens with one attached hydrogen (secondary N) is 2. The van der Waals surface area contributed by atoms with Gasteiger partial charge in [-0.25, -0.2) is 9.67 Å². The second-order valence-electron chi connectivity index (χ2n) is 6.59. The van der Waals surface area contributed by atoms with Crippen molar-refractivity contribution in [2.45, 2.75) is 30.0 Å². The van der Waals surface area contributed by atoms with Crippen LogP contribution in [0.15, 0.2) is 60.0 Å². The van der Waals surface area contributed by atoms with Crippen LogP contribution in [0, 0.1) is 0 Å². The summed E-state index contributed by atoms with van der Waals surface area (Å²) in [4.78, 5) is 29.4. The number of fused-ring (bicyclic) bond motifs is 1. The molecule has 0 saturated heterocycles. The lowest BCUT2D eigenvalue weighted by molar-refractivity contribution is -0.115. The molecule has 3 aromatic rings. The van der Waals surface area contributed by atoms with E-state index in [1.807, 2.05) is 44.2 Å². The van der Waals surface area contributed by atoms with Gasteiger partial charge in [0, 0.05) is 10.5 Å². The van der Waals surface area contributed by atoms with Gasteiger partial charge in [0.15, 0.2) is 0 Å². The van der Waals surface area contributed by atoms with E-state index in [-0.39, 0.29) is 23.1 Å². The van der Waals surface area contributed by atoms with Crippen LogP contribution in [0.3, 0.4) is 0 Å². The zero-order valence-corrected chi connectivity index (χ0v) is 16.2. The summed E-state index contributed by atoms with van der Waals surface area (Å²) in [5, 5.41) is 9.82. The molecule has 2 heterocycles. The lowest BCUT2D eigenvalue weighted by atomic mass is 10.1. The minimum Gasteiger partial charge on any atom is -0.346 e. The summed E-state index contributed by atoms with van der Waals surface area (Å²) in [5.74, 6) is -0.232. The standard InChI is InChI=1S/C20H19N5O2S/c1-12(14-3-6-16(7-4-14)25-11-21-10-22-25)23-20(27)15-5-8-18-17(9-15)24-19(26)13(2)28-18/h3-13H,1-2H3,(H,23,27)(H,24,26). The molecule has 8 heteroatoms. The first-order valence-electron chi connectivity index (χ1n) is 8.88. The Labute approximate surface area is 166 Å². The molecular weight excluding hydrogens is 374 g/mol. The van der Waals surface area contributed by atoms with Gasteiger partial charge < -0.3 is 10.6 Å². The predicted molar refractivity (Wildman–Crippen MR) is 108 cm³/mol. The zero-order chi connectivity index (χ0) is 19.7. The number of benzene rings is 2. The van der Waals surface area contributed by atoms with Crippen LogP contribution in [0.2, 0.25) is 0 Å². The topological polar surface area (TPSA) is 88.9 Å². The van der Waals surface area contributed by atoms with Gasteiger partial charge in [0.05, 0.1) is 22.7 Å². The summed E-state index contributed by atoms with van der Waals surface area (Å²) in [6.07, 6.45) is 3.12. The van der Waals surface area contributed by atoms with Gasteiger partial charge in [-0.05, 0) is 49.7 Å². The highest BCUT2D eigenvalue weighted by Gasteiger charge is 2.24. The van der Waals surface area contributed by atoms with E-state index in [1.165, 1.54) is 18.1 Å². The summed E-state index contributed by atoms with van der Waals surface area (Å²) in [6.45, 7) is 3.79. The van der Waals surface area contributed by atoms with Crippen molar-refractivity contribution in [2.75, 3.05) is 5.32 Å². The first-order valence-corrected chi connectivity index (χ1v) is 9.76. The second kappa shape index (κ2) is 7.47. The molecule has 0 spiro atoms. The van der Waals surface area contributed by atoms with Crippen LogP contribution in [0.25, 0.3) is 5.69 Å². The van der Waals surface area contributed by atoms with E-state index in [2.05, 4.69) is 20.7 Å². The summed E-state index contributed by atoms with van der Waals surface area (Å²) in [5.41, 5.74) is 3.08. The van der Waals surface area contributed by atoms with E-state index in [1.54, 1.807) is 23.1 Å². The maximum absolute atomic E-state index is 12.7. The largest absolute Gasteiger partial charge is 0.346 e. The Kier molecular flexibility index (Phi) is 4.87. The van der Waals surface area contributed by atoms with E-state index >= 15 is 0 Å². The second-order valence-corrected chi connectivity index (χ2v) is 7.97. The van der Waals surface area contributed by atoms with Crippen LogP contribution in [0.4, 0.5) is 5.69 Å². The van der Waals surface area contributed by atoms with Crippen molar-refractivity contribution in [1.29, 1.82) is 0 Å². The number of hydrogen-bond acceptors (Lipinski definition) is 5.